The van der Waals surface area contributed by atoms with Gasteiger partial charge >= 0.3 is 6.09 Å². The van der Waals surface area contributed by atoms with Gasteiger partial charge in [-0.25, -0.2) is 4.79 Å². The van der Waals surface area contributed by atoms with Gasteiger partial charge in [-0.1, -0.05) is 66.5 Å². The van der Waals surface area contributed by atoms with Gasteiger partial charge in [0.15, 0.2) is 0 Å². The Kier molecular flexibility index (Phi) is 21.2. The molecule has 0 unspecified atom stereocenters. The van der Waals surface area contributed by atoms with Crippen molar-refractivity contribution in [2.75, 3.05) is 18.4 Å². The second kappa shape index (κ2) is 19.6. The number of likely N-dealkylation sites (tertiary alicyclic amines) is 1. The average molecular weight is 545 g/mol. The number of hydrogen-bond donors (Lipinski definition) is 1. The molecule has 0 aromatic heterocycles. The number of amides is 1. The Morgan fingerprint density at radius 1 is 1.00 bits per heavy atom. The Bertz CT molecular complexity index is 827. The van der Waals surface area contributed by atoms with Crippen LogP contribution in [0.4, 0.5) is 10.5 Å². The fraction of sp³-hybridized carbons (Fsp3) is 0.500. The van der Waals surface area contributed by atoms with Crippen molar-refractivity contribution in [1.82, 2.24) is 4.90 Å². The van der Waals surface area contributed by atoms with Crippen molar-refractivity contribution >= 4 is 11.8 Å². The van der Waals surface area contributed by atoms with Crippen molar-refractivity contribution in [1.29, 1.82) is 5.26 Å². The van der Waals surface area contributed by atoms with Gasteiger partial charge in [0, 0.05) is 57.5 Å². The second-order valence-electron chi connectivity index (χ2n) is 8.12. The number of piperidine rings is 1. The van der Waals surface area contributed by atoms with Crippen LogP contribution < -0.4 is 5.32 Å². The van der Waals surface area contributed by atoms with E-state index in [4.69, 9.17) is 10.00 Å². The predicted octanol–water partition coefficient (Wildman–Crippen LogP) is 7.70. The molecule has 187 valence electrons. The van der Waals surface area contributed by atoms with Gasteiger partial charge in [-0.05, 0) is 62.4 Å². The standard InChI is InChI=1S/C15H22N2O2.C10H11N.3CH4.Y/c1-12(2)17-10-8-14(9-11-17)19-15(18)16-13-6-4-3-5-7-13;1-8(2)10-5-3-4-9(6-10)7-11;;;;/h3-7,12,14H,8-11H2,1-2H3,(H,16,18);3-6,8H,1-2H3;3*1H4;. The van der Waals surface area contributed by atoms with Crippen LogP contribution in [0.25, 0.3) is 0 Å². The number of rotatable bonds is 4. The molecule has 1 heterocycles. The fourth-order valence-corrected chi connectivity index (χ4v) is 3.30. The van der Waals surface area contributed by atoms with Gasteiger partial charge in [0.05, 0.1) is 11.6 Å². The maximum atomic E-state index is 11.7. The first-order valence-corrected chi connectivity index (χ1v) is 10.7. The minimum Gasteiger partial charge on any atom is -0.446 e. The van der Waals surface area contributed by atoms with Crippen LogP contribution in [0, 0.1) is 11.3 Å². The van der Waals surface area contributed by atoms with E-state index >= 15 is 0 Å². The summed E-state index contributed by atoms with van der Waals surface area (Å²) in [6, 6.07) is 19.8. The molecule has 1 aliphatic heterocycles. The molecule has 6 heteroatoms. The third-order valence-electron chi connectivity index (χ3n) is 5.18. The van der Waals surface area contributed by atoms with Gasteiger partial charge in [-0.2, -0.15) is 5.26 Å². The zero-order valence-electron chi connectivity index (χ0n) is 19.0. The summed E-state index contributed by atoms with van der Waals surface area (Å²) in [7, 11) is 0. The Morgan fingerprint density at radius 2 is 1.59 bits per heavy atom. The number of carbonyl (C=O) groups excluding carboxylic acids is 1. The van der Waals surface area contributed by atoms with E-state index in [-0.39, 0.29) is 67.2 Å². The maximum absolute atomic E-state index is 11.7. The molecule has 0 atom stereocenters. The van der Waals surface area contributed by atoms with Gasteiger partial charge in [0.1, 0.15) is 6.10 Å². The van der Waals surface area contributed by atoms with Crippen molar-refractivity contribution in [2.24, 2.45) is 0 Å². The maximum Gasteiger partial charge on any atom is 0.411 e. The van der Waals surface area contributed by atoms with E-state index in [9.17, 15) is 4.79 Å². The minimum absolute atomic E-state index is 0. The third kappa shape index (κ3) is 13.2. The number of hydrogen-bond acceptors (Lipinski definition) is 4. The number of ether oxygens (including phenoxy) is 1. The van der Waals surface area contributed by atoms with Crippen LogP contribution in [0.5, 0.6) is 0 Å². The first kappa shape index (κ1) is 36.8. The van der Waals surface area contributed by atoms with Crippen molar-refractivity contribution < 1.29 is 42.2 Å². The molecule has 0 bridgehead atoms. The summed E-state index contributed by atoms with van der Waals surface area (Å²) in [5, 5.41) is 11.3. The molecule has 1 aliphatic rings. The van der Waals surface area contributed by atoms with E-state index in [1.54, 1.807) is 0 Å². The van der Waals surface area contributed by atoms with Crippen LogP contribution in [0.15, 0.2) is 54.6 Å². The quantitative estimate of drug-likeness (QED) is 0.429. The Balaban J connectivity index is -0.000000562. The van der Waals surface area contributed by atoms with Gasteiger partial charge in [0.25, 0.3) is 0 Å². The zero-order valence-corrected chi connectivity index (χ0v) is 21.9. The van der Waals surface area contributed by atoms with E-state index in [1.807, 2.05) is 54.6 Å². The molecule has 5 nitrogen and oxygen atoms in total. The van der Waals surface area contributed by atoms with Gasteiger partial charge in [-0.3, -0.25) is 5.32 Å². The number of nitrogens with zero attached hydrogens (tertiary/aromatic N) is 2. The van der Waals surface area contributed by atoms with Crippen molar-refractivity contribution in [3.63, 3.8) is 0 Å². The van der Waals surface area contributed by atoms with E-state index in [2.05, 4.69) is 44.0 Å². The fourth-order valence-electron chi connectivity index (χ4n) is 3.30. The number of nitriles is 1. The van der Waals surface area contributed by atoms with Crippen LogP contribution in [0.1, 0.15) is 79.9 Å². The molecular weight excluding hydrogens is 499 g/mol. The molecule has 0 aliphatic carbocycles. The van der Waals surface area contributed by atoms with Crippen LogP contribution in [-0.4, -0.2) is 36.2 Å². The Hall–Kier alpha value is -1.74. The number of anilines is 1. The molecule has 0 saturated carbocycles. The van der Waals surface area contributed by atoms with E-state index in [0.29, 0.717) is 12.0 Å². The van der Waals surface area contributed by atoms with Gasteiger partial charge in [0.2, 0.25) is 0 Å². The number of nitrogens with one attached hydrogen (secondary N) is 1. The van der Waals surface area contributed by atoms with E-state index in [1.165, 1.54) is 5.56 Å². The number of para-hydroxylation sites is 1. The van der Waals surface area contributed by atoms with Crippen LogP contribution in [-0.2, 0) is 37.4 Å². The van der Waals surface area contributed by atoms with Crippen LogP contribution in [0.2, 0.25) is 0 Å². The van der Waals surface area contributed by atoms with Gasteiger partial charge in [-0.15, -0.1) is 0 Å². The summed E-state index contributed by atoms with van der Waals surface area (Å²) in [5.41, 5.74) is 2.74. The summed E-state index contributed by atoms with van der Waals surface area (Å²) in [6.07, 6.45) is 1.52. The molecule has 2 aromatic carbocycles. The summed E-state index contributed by atoms with van der Waals surface area (Å²) in [4.78, 5) is 14.2. The summed E-state index contributed by atoms with van der Waals surface area (Å²) < 4.78 is 5.45. The van der Waals surface area contributed by atoms with Gasteiger partial charge < -0.3 is 9.64 Å². The SMILES string of the molecule is C.C.C.CC(C)N1CCC(OC(=O)Nc2ccccc2)CC1.CC(C)c1cccc(C#N)c1.[Y]. The zero-order chi connectivity index (χ0) is 21.9. The Morgan fingerprint density at radius 3 is 2.09 bits per heavy atom. The molecule has 1 radical (unpaired) electrons. The predicted molar refractivity (Wildman–Crippen MR) is 142 cm³/mol. The van der Waals surface area contributed by atoms with Crippen molar-refractivity contribution in [3.8, 4) is 6.07 Å². The molecule has 1 fully saturated rings. The molecule has 2 aromatic rings. The molecule has 0 spiro atoms. The van der Waals surface area contributed by atoms with Crippen molar-refractivity contribution in [2.45, 2.75) is 80.9 Å². The van der Waals surface area contributed by atoms with E-state index < -0.39 is 0 Å². The monoisotopic (exact) mass is 544 g/mol. The number of benzene rings is 2. The number of carbonyl (C=O) groups is 1. The topological polar surface area (TPSA) is 65.4 Å². The summed E-state index contributed by atoms with van der Waals surface area (Å²) >= 11 is 0. The normalized spacial score (nSPS) is 12.9. The average Bonchev–Trinajstić information content (AvgIpc) is 2.75. The van der Waals surface area contributed by atoms with Crippen LogP contribution in [0.3, 0.4) is 0 Å². The molecule has 34 heavy (non-hydrogen) atoms. The molecule has 3 rings (SSSR count). The molecule has 1 amide bonds. The summed E-state index contributed by atoms with van der Waals surface area (Å²) in [5.74, 6) is 0.503. The Labute approximate surface area is 234 Å². The van der Waals surface area contributed by atoms with Crippen LogP contribution >= 0.6 is 0 Å². The van der Waals surface area contributed by atoms with E-state index in [0.717, 1.165) is 37.2 Å². The third-order valence-corrected chi connectivity index (χ3v) is 5.18. The molecular formula is C28H45N3O2Y. The second-order valence-corrected chi connectivity index (χ2v) is 8.12. The van der Waals surface area contributed by atoms with Crippen molar-refractivity contribution in [3.05, 3.63) is 65.7 Å². The largest absolute Gasteiger partial charge is 0.446 e. The molecule has 1 N–H and O–H groups in total. The summed E-state index contributed by atoms with van der Waals surface area (Å²) in [6.45, 7) is 10.6. The first-order valence-electron chi connectivity index (χ1n) is 10.7. The minimum atomic E-state index is -0.353. The smallest absolute Gasteiger partial charge is 0.411 e. The molecule has 1 saturated heterocycles. The first-order chi connectivity index (χ1) is 14.4.